The first-order chi connectivity index (χ1) is 10.0. The van der Waals surface area contributed by atoms with Crippen LogP contribution >= 0.6 is 0 Å². The van der Waals surface area contributed by atoms with E-state index in [2.05, 4.69) is 15.1 Å². The molecule has 1 aromatic heterocycles. The zero-order valence-electron chi connectivity index (χ0n) is 10.9. The maximum Gasteiger partial charge on any atom is 0.276 e. The van der Waals surface area contributed by atoms with Gasteiger partial charge in [-0.2, -0.15) is 0 Å². The number of rotatable bonds is 4. The van der Waals surface area contributed by atoms with Crippen LogP contribution in [0.4, 0.5) is 5.69 Å². The monoisotopic (exact) mass is 289 g/mol. The summed E-state index contributed by atoms with van der Waals surface area (Å²) in [6, 6.07) is 4.48. The van der Waals surface area contributed by atoms with Crippen LogP contribution in [0.5, 0.6) is 11.6 Å². The molecule has 3 N–H and O–H groups in total. The molecule has 0 bridgehead atoms. The van der Waals surface area contributed by atoms with Crippen molar-refractivity contribution in [3.05, 3.63) is 52.0 Å². The highest BCUT2D eigenvalue weighted by Gasteiger charge is 2.15. The molecule has 0 spiro atoms. The van der Waals surface area contributed by atoms with E-state index in [-0.39, 0.29) is 23.1 Å². The second kappa shape index (κ2) is 5.82. The lowest BCUT2D eigenvalue weighted by molar-refractivity contribution is -0.385. The zero-order valence-corrected chi connectivity index (χ0v) is 10.9. The van der Waals surface area contributed by atoms with Crippen molar-refractivity contribution in [2.45, 2.75) is 6.92 Å². The molecule has 0 radical (unpaired) electrons. The van der Waals surface area contributed by atoms with Gasteiger partial charge < -0.3 is 15.7 Å². The van der Waals surface area contributed by atoms with Crippen molar-refractivity contribution in [3.8, 4) is 11.6 Å². The van der Waals surface area contributed by atoms with E-state index >= 15 is 0 Å². The average Bonchev–Trinajstić information content (AvgIpc) is 2.49. The predicted molar refractivity (Wildman–Crippen MR) is 72.5 cm³/mol. The van der Waals surface area contributed by atoms with Gasteiger partial charge in [0.15, 0.2) is 5.84 Å². The molecule has 0 aliphatic carbocycles. The van der Waals surface area contributed by atoms with Gasteiger partial charge in [-0.3, -0.25) is 10.1 Å². The van der Waals surface area contributed by atoms with Crippen LogP contribution in [-0.4, -0.2) is 25.9 Å². The van der Waals surface area contributed by atoms with Crippen molar-refractivity contribution in [1.29, 1.82) is 0 Å². The molecule has 0 aliphatic rings. The number of nitrogens with two attached hydrogens (primary N) is 1. The van der Waals surface area contributed by atoms with E-state index in [0.29, 0.717) is 11.3 Å². The molecule has 1 aromatic carbocycles. The predicted octanol–water partition coefficient (Wildman–Crippen LogP) is 1.58. The number of nitro groups is 1. The minimum atomic E-state index is -0.491. The van der Waals surface area contributed by atoms with Crippen LogP contribution in [-0.2, 0) is 0 Å². The molecular formula is C12H11N5O4. The second-order valence-corrected chi connectivity index (χ2v) is 3.98. The molecule has 9 nitrogen and oxygen atoms in total. The van der Waals surface area contributed by atoms with Gasteiger partial charge >= 0.3 is 0 Å². The summed E-state index contributed by atoms with van der Waals surface area (Å²) in [6.07, 6.45) is 2.53. The number of hydrogen-bond acceptors (Lipinski definition) is 7. The van der Waals surface area contributed by atoms with Crippen LogP contribution in [0.15, 0.2) is 35.7 Å². The Kier molecular flexibility index (Phi) is 3.93. The Morgan fingerprint density at radius 2 is 2.19 bits per heavy atom. The lowest BCUT2D eigenvalue weighted by Gasteiger charge is -2.07. The average molecular weight is 289 g/mol. The van der Waals surface area contributed by atoms with Gasteiger partial charge in [0.05, 0.1) is 22.9 Å². The molecule has 9 heteroatoms. The van der Waals surface area contributed by atoms with Crippen molar-refractivity contribution >= 4 is 11.5 Å². The number of hydrogen-bond donors (Lipinski definition) is 2. The summed E-state index contributed by atoms with van der Waals surface area (Å²) in [6.45, 7) is 1.58. The first-order valence-electron chi connectivity index (χ1n) is 5.74. The van der Waals surface area contributed by atoms with Crippen molar-refractivity contribution < 1.29 is 14.9 Å². The number of benzene rings is 1. The molecule has 0 fully saturated rings. The van der Waals surface area contributed by atoms with Crippen molar-refractivity contribution in [1.82, 2.24) is 9.97 Å². The highest BCUT2D eigenvalue weighted by molar-refractivity contribution is 5.94. The van der Waals surface area contributed by atoms with E-state index in [9.17, 15) is 10.1 Å². The summed E-state index contributed by atoms with van der Waals surface area (Å²) in [4.78, 5) is 18.2. The number of nitro benzene ring substituents is 1. The fourth-order valence-electron chi connectivity index (χ4n) is 1.58. The molecule has 0 aliphatic heterocycles. The smallest absolute Gasteiger partial charge is 0.276 e. The Hall–Kier alpha value is -3.23. The number of ether oxygens (including phenoxy) is 1. The Morgan fingerprint density at radius 1 is 1.43 bits per heavy atom. The number of aromatic nitrogens is 2. The summed E-state index contributed by atoms with van der Waals surface area (Å²) in [5.74, 6) is 0.253. The zero-order chi connectivity index (χ0) is 15.4. The molecule has 0 saturated carbocycles. The maximum atomic E-state index is 10.9. The summed E-state index contributed by atoms with van der Waals surface area (Å²) < 4.78 is 5.45. The van der Waals surface area contributed by atoms with Crippen LogP contribution in [0.2, 0.25) is 0 Å². The van der Waals surface area contributed by atoms with Crippen LogP contribution < -0.4 is 10.5 Å². The molecule has 0 atom stereocenters. The van der Waals surface area contributed by atoms with Gasteiger partial charge in [0.2, 0.25) is 5.88 Å². The van der Waals surface area contributed by atoms with Crippen LogP contribution in [0.1, 0.15) is 11.3 Å². The first kappa shape index (κ1) is 14.2. The van der Waals surface area contributed by atoms with Gasteiger partial charge in [0.25, 0.3) is 5.69 Å². The summed E-state index contributed by atoms with van der Waals surface area (Å²) in [7, 11) is 0. The third-order valence-electron chi connectivity index (χ3n) is 2.67. The van der Waals surface area contributed by atoms with Crippen molar-refractivity contribution in [2.24, 2.45) is 10.9 Å². The van der Waals surface area contributed by atoms with E-state index in [0.717, 1.165) is 0 Å². The molecule has 0 saturated heterocycles. The lowest BCUT2D eigenvalue weighted by atomic mass is 10.2. The quantitative estimate of drug-likeness (QED) is 0.286. The normalized spacial score (nSPS) is 11.2. The Balaban J connectivity index is 2.27. The van der Waals surface area contributed by atoms with E-state index < -0.39 is 4.92 Å². The van der Waals surface area contributed by atoms with E-state index in [4.69, 9.17) is 15.7 Å². The minimum Gasteiger partial charge on any atom is -0.437 e. The third-order valence-corrected chi connectivity index (χ3v) is 2.67. The number of oxime groups is 1. The molecule has 0 amide bonds. The maximum absolute atomic E-state index is 10.9. The van der Waals surface area contributed by atoms with Crippen LogP contribution in [0.3, 0.4) is 0 Å². The molecule has 21 heavy (non-hydrogen) atoms. The molecule has 1 heterocycles. The molecular weight excluding hydrogens is 278 g/mol. The largest absolute Gasteiger partial charge is 0.437 e. The van der Waals surface area contributed by atoms with Crippen molar-refractivity contribution in [3.63, 3.8) is 0 Å². The van der Waals surface area contributed by atoms with E-state index in [1.54, 1.807) is 13.0 Å². The topological polar surface area (TPSA) is 137 Å². The SMILES string of the molecule is Cc1c(Oc2cnc(C(N)=NO)cn2)cccc1[N+](=O)[O-]. The third kappa shape index (κ3) is 3.03. The summed E-state index contributed by atoms with van der Waals surface area (Å²) in [5.41, 5.74) is 5.87. The second-order valence-electron chi connectivity index (χ2n) is 3.98. The van der Waals surface area contributed by atoms with Gasteiger partial charge in [-0.05, 0) is 13.0 Å². The van der Waals surface area contributed by atoms with E-state index in [1.165, 1.54) is 24.5 Å². The first-order valence-corrected chi connectivity index (χ1v) is 5.74. The van der Waals surface area contributed by atoms with Gasteiger partial charge in [0.1, 0.15) is 11.4 Å². The van der Waals surface area contributed by atoms with Gasteiger partial charge in [-0.15, -0.1) is 0 Å². The fourth-order valence-corrected chi connectivity index (χ4v) is 1.58. The molecule has 2 rings (SSSR count). The Morgan fingerprint density at radius 3 is 2.76 bits per heavy atom. The highest BCUT2D eigenvalue weighted by atomic mass is 16.6. The number of amidine groups is 1. The minimum absolute atomic E-state index is 0.0475. The fraction of sp³-hybridized carbons (Fsp3) is 0.0833. The van der Waals surface area contributed by atoms with Gasteiger partial charge in [-0.25, -0.2) is 9.97 Å². The number of nitrogens with zero attached hydrogens (tertiary/aromatic N) is 4. The molecule has 108 valence electrons. The standard InChI is InChI=1S/C12H11N5O4/c1-7-9(17(19)20)3-2-4-10(7)21-11-6-14-8(5-15-11)12(13)16-18/h2-6,18H,1H3,(H2,13,16). The highest BCUT2D eigenvalue weighted by Crippen LogP contribution is 2.29. The van der Waals surface area contributed by atoms with Crippen molar-refractivity contribution in [2.75, 3.05) is 0 Å². The van der Waals surface area contributed by atoms with Crippen LogP contribution in [0, 0.1) is 17.0 Å². The van der Waals surface area contributed by atoms with E-state index in [1.807, 2.05) is 0 Å². The Bertz CT molecular complexity index is 699. The lowest BCUT2D eigenvalue weighted by Crippen LogP contribution is -2.15. The van der Waals surface area contributed by atoms with Gasteiger partial charge in [-0.1, -0.05) is 11.2 Å². The Labute approximate surface area is 118 Å². The van der Waals surface area contributed by atoms with Crippen LogP contribution in [0.25, 0.3) is 0 Å². The molecule has 0 unspecified atom stereocenters. The summed E-state index contributed by atoms with van der Waals surface area (Å²) in [5, 5.41) is 22.2. The summed E-state index contributed by atoms with van der Waals surface area (Å²) >= 11 is 0. The molecule has 2 aromatic rings. The van der Waals surface area contributed by atoms with Gasteiger partial charge in [0, 0.05) is 6.07 Å².